The lowest BCUT2D eigenvalue weighted by molar-refractivity contribution is 0.102. The third-order valence-corrected chi connectivity index (χ3v) is 5.98. The van der Waals surface area contributed by atoms with Crippen molar-refractivity contribution in [3.8, 4) is 0 Å². The maximum atomic E-state index is 14.9. The molecule has 1 aromatic heterocycles. The van der Waals surface area contributed by atoms with E-state index in [1.54, 1.807) is 12.1 Å². The molecular formula is C18H14Cl2F2N4O3S. The second-order valence-electron chi connectivity index (χ2n) is 6.07. The Bertz CT molecular complexity index is 1230. The molecule has 3 rings (SSSR count). The number of amides is 1. The molecule has 2 N–H and O–H groups in total. The van der Waals surface area contributed by atoms with E-state index >= 15 is 0 Å². The Kier molecular flexibility index (Phi) is 6.69. The number of benzene rings is 2. The maximum Gasteiger partial charge on any atom is 0.257 e. The molecule has 0 saturated carbocycles. The molecule has 0 spiro atoms. The molecule has 1 heterocycles. The summed E-state index contributed by atoms with van der Waals surface area (Å²) >= 11 is 12.0. The number of anilines is 2. The molecule has 0 aliphatic rings. The number of para-hydroxylation sites is 1. The van der Waals surface area contributed by atoms with Gasteiger partial charge in [-0.05, 0) is 30.7 Å². The van der Waals surface area contributed by atoms with Crippen molar-refractivity contribution in [3.05, 3.63) is 58.2 Å². The van der Waals surface area contributed by atoms with Crippen molar-refractivity contribution in [1.29, 1.82) is 0 Å². The number of nitrogens with one attached hydrogen (secondary N) is 2. The number of aromatic nitrogens is 2. The molecule has 12 heteroatoms. The second kappa shape index (κ2) is 9.07. The molecule has 0 fully saturated rings. The first kappa shape index (κ1) is 22.1. The van der Waals surface area contributed by atoms with E-state index in [0.717, 1.165) is 6.07 Å². The molecule has 0 radical (unpaired) electrons. The number of fused-ring (bicyclic) bond motifs is 1. The Hall–Kier alpha value is -2.56. The summed E-state index contributed by atoms with van der Waals surface area (Å²) in [7, 11) is -3.98. The third-order valence-electron chi connectivity index (χ3n) is 4.00. The molecule has 0 atom stereocenters. The first-order chi connectivity index (χ1) is 14.2. The molecule has 1 amide bonds. The fourth-order valence-corrected chi connectivity index (χ4v) is 4.10. The van der Waals surface area contributed by atoms with Gasteiger partial charge in [-0.3, -0.25) is 13.9 Å². The van der Waals surface area contributed by atoms with Crippen LogP contribution in [0.15, 0.2) is 36.7 Å². The number of halogens is 4. The van der Waals surface area contributed by atoms with Crippen molar-refractivity contribution in [1.82, 2.24) is 9.97 Å². The zero-order valence-electron chi connectivity index (χ0n) is 15.1. The van der Waals surface area contributed by atoms with Crippen molar-refractivity contribution in [2.75, 3.05) is 22.5 Å². The van der Waals surface area contributed by atoms with Crippen LogP contribution in [0.1, 0.15) is 16.8 Å². The van der Waals surface area contributed by atoms with Crippen molar-refractivity contribution in [3.63, 3.8) is 0 Å². The van der Waals surface area contributed by atoms with Gasteiger partial charge in [-0.25, -0.2) is 22.8 Å². The number of hydrogen-bond donors (Lipinski definition) is 2. The van der Waals surface area contributed by atoms with E-state index < -0.39 is 45.5 Å². The number of nitrogens with zero attached hydrogens (tertiary/aromatic N) is 2. The highest BCUT2D eigenvalue weighted by molar-refractivity contribution is 7.92. The topological polar surface area (TPSA) is 101 Å². The number of carbonyl (C=O) groups excluding carboxylic acids is 1. The van der Waals surface area contributed by atoms with Crippen LogP contribution in [-0.4, -0.2) is 36.7 Å². The average molecular weight is 475 g/mol. The van der Waals surface area contributed by atoms with E-state index in [0.29, 0.717) is 5.39 Å². The van der Waals surface area contributed by atoms with Crippen molar-refractivity contribution in [2.24, 2.45) is 0 Å². The van der Waals surface area contributed by atoms with Crippen molar-refractivity contribution < 1.29 is 22.0 Å². The minimum atomic E-state index is -3.98. The smallest absolute Gasteiger partial charge is 0.257 e. The molecule has 7 nitrogen and oxygen atoms in total. The van der Waals surface area contributed by atoms with Gasteiger partial charge in [-0.15, -0.1) is 0 Å². The summed E-state index contributed by atoms with van der Waals surface area (Å²) in [5.74, 6) is -2.36. The largest absolute Gasteiger partial charge is 0.318 e. The molecule has 0 bridgehead atoms. The Balaban J connectivity index is 1.94. The predicted octanol–water partition coefficient (Wildman–Crippen LogP) is 4.43. The minimum Gasteiger partial charge on any atom is -0.318 e. The van der Waals surface area contributed by atoms with E-state index in [-0.39, 0.29) is 27.7 Å². The fraction of sp³-hybridized carbons (Fsp3) is 0.167. The summed E-state index contributed by atoms with van der Waals surface area (Å²) in [6.45, 7) is -0.829. The molecular weight excluding hydrogens is 461 g/mol. The Morgan fingerprint density at radius 1 is 1.13 bits per heavy atom. The standard InChI is InChI=1S/C18H14Cl2F2N4O3S/c19-12-5-6-13(26-30(28,29)8-2-7-21)14(22)16(12)25-18(27)11-4-1-3-10-15(11)23-9-24-17(10)20/h1,3-6,9,26H,2,7-8H2,(H,25,27). The van der Waals surface area contributed by atoms with E-state index in [1.807, 2.05) is 4.72 Å². The van der Waals surface area contributed by atoms with Gasteiger partial charge in [0.05, 0.1) is 39.9 Å². The Labute approximate surface area is 180 Å². The summed E-state index contributed by atoms with van der Waals surface area (Å²) in [5, 5.41) is 2.75. The van der Waals surface area contributed by atoms with Gasteiger partial charge >= 0.3 is 0 Å². The molecule has 0 aliphatic carbocycles. The lowest BCUT2D eigenvalue weighted by Gasteiger charge is -2.14. The number of carbonyl (C=O) groups is 1. The van der Waals surface area contributed by atoms with Crippen LogP contribution in [0.5, 0.6) is 0 Å². The van der Waals surface area contributed by atoms with Gasteiger partial charge in [0.2, 0.25) is 10.0 Å². The molecule has 0 unspecified atom stereocenters. The summed E-state index contributed by atoms with van der Waals surface area (Å²) in [5.41, 5.74) is -0.530. The number of sulfonamides is 1. The Morgan fingerprint density at radius 3 is 2.63 bits per heavy atom. The highest BCUT2D eigenvalue weighted by Gasteiger charge is 2.21. The van der Waals surface area contributed by atoms with Gasteiger partial charge in [0.15, 0.2) is 5.82 Å². The van der Waals surface area contributed by atoms with Crippen LogP contribution < -0.4 is 10.0 Å². The average Bonchev–Trinajstić information content (AvgIpc) is 2.71. The molecule has 0 saturated heterocycles. The molecule has 30 heavy (non-hydrogen) atoms. The monoisotopic (exact) mass is 474 g/mol. The first-order valence-corrected chi connectivity index (χ1v) is 10.9. The van der Waals surface area contributed by atoms with Crippen LogP contribution in [0.3, 0.4) is 0 Å². The molecule has 2 aromatic carbocycles. The lowest BCUT2D eigenvalue weighted by atomic mass is 10.1. The number of rotatable bonds is 7. The van der Waals surface area contributed by atoms with Crippen molar-refractivity contribution in [2.45, 2.75) is 6.42 Å². The highest BCUT2D eigenvalue weighted by atomic mass is 35.5. The maximum absolute atomic E-state index is 14.9. The van der Waals surface area contributed by atoms with E-state index in [4.69, 9.17) is 23.2 Å². The van der Waals surface area contributed by atoms with Crippen LogP contribution in [0.4, 0.5) is 20.2 Å². The van der Waals surface area contributed by atoms with E-state index in [2.05, 4.69) is 15.3 Å². The normalized spacial score (nSPS) is 11.5. The highest BCUT2D eigenvalue weighted by Crippen LogP contribution is 2.32. The Morgan fingerprint density at radius 2 is 1.90 bits per heavy atom. The fourth-order valence-electron chi connectivity index (χ4n) is 2.63. The third kappa shape index (κ3) is 4.77. The lowest BCUT2D eigenvalue weighted by Crippen LogP contribution is -2.19. The zero-order chi connectivity index (χ0) is 21.9. The number of hydrogen-bond acceptors (Lipinski definition) is 5. The van der Waals surface area contributed by atoms with E-state index in [1.165, 1.54) is 18.5 Å². The number of alkyl halides is 1. The second-order valence-corrected chi connectivity index (χ2v) is 8.67. The quantitative estimate of drug-likeness (QED) is 0.493. The molecule has 3 aromatic rings. The van der Waals surface area contributed by atoms with Crippen LogP contribution in [0.2, 0.25) is 10.2 Å². The SMILES string of the molecule is O=C(Nc1c(Cl)ccc(NS(=O)(=O)CCCF)c1F)c1cccc2c(Cl)ncnc12. The van der Waals surface area contributed by atoms with E-state index in [9.17, 15) is 22.0 Å². The van der Waals surface area contributed by atoms with Crippen LogP contribution >= 0.6 is 23.2 Å². The predicted molar refractivity (Wildman–Crippen MR) is 112 cm³/mol. The summed E-state index contributed by atoms with van der Waals surface area (Å²) in [4.78, 5) is 20.6. The zero-order valence-corrected chi connectivity index (χ0v) is 17.5. The van der Waals surface area contributed by atoms with Crippen LogP contribution in [0, 0.1) is 5.82 Å². The summed E-state index contributed by atoms with van der Waals surface area (Å²) < 4.78 is 53.0. The van der Waals surface area contributed by atoms with Gasteiger partial charge in [-0.2, -0.15) is 0 Å². The first-order valence-electron chi connectivity index (χ1n) is 8.48. The summed E-state index contributed by atoms with van der Waals surface area (Å²) in [6, 6.07) is 6.95. The van der Waals surface area contributed by atoms with Gasteiger partial charge < -0.3 is 5.32 Å². The minimum absolute atomic E-state index is 0.0844. The van der Waals surface area contributed by atoms with Crippen LogP contribution in [-0.2, 0) is 10.0 Å². The van der Waals surface area contributed by atoms with Crippen LogP contribution in [0.25, 0.3) is 10.9 Å². The van der Waals surface area contributed by atoms with Gasteiger partial charge in [-0.1, -0.05) is 29.3 Å². The van der Waals surface area contributed by atoms with Crippen molar-refractivity contribution >= 4 is 61.4 Å². The van der Waals surface area contributed by atoms with Gasteiger partial charge in [0.1, 0.15) is 11.5 Å². The molecule has 0 aliphatic heterocycles. The molecule has 158 valence electrons. The van der Waals surface area contributed by atoms with Gasteiger partial charge in [0.25, 0.3) is 5.91 Å². The van der Waals surface area contributed by atoms with Gasteiger partial charge in [0, 0.05) is 5.39 Å². The summed E-state index contributed by atoms with van der Waals surface area (Å²) in [6.07, 6.45) is 0.946.